The first-order chi connectivity index (χ1) is 14.6. The first-order valence-electron chi connectivity index (χ1n) is 12.5. The molecule has 31 heavy (non-hydrogen) atoms. The molecule has 0 aromatic carbocycles. The Morgan fingerprint density at radius 3 is 2.16 bits per heavy atom. The van der Waals surface area contributed by atoms with Crippen LogP contribution in [0.4, 0.5) is 0 Å². The molecule has 3 nitrogen and oxygen atoms in total. The van der Waals surface area contributed by atoms with Gasteiger partial charge in [-0.2, -0.15) is 0 Å². The number of rotatable bonds is 9. The Morgan fingerprint density at radius 2 is 1.74 bits per heavy atom. The highest BCUT2D eigenvalue weighted by molar-refractivity contribution is 6.11. The van der Waals surface area contributed by atoms with Crippen molar-refractivity contribution in [2.45, 2.75) is 113 Å². The summed E-state index contributed by atoms with van der Waals surface area (Å²) in [6.07, 6.45) is 16.7. The molecular weight excluding hydrogens is 382 g/mol. The van der Waals surface area contributed by atoms with Crippen LogP contribution >= 0.6 is 0 Å². The average Bonchev–Trinajstić information content (AvgIpc) is 3.07. The van der Waals surface area contributed by atoms with Gasteiger partial charge in [0.2, 0.25) is 0 Å². The Labute approximate surface area is 192 Å². The normalized spacial score (nSPS) is 20.2. The fourth-order valence-corrected chi connectivity index (χ4v) is 3.56. The molecule has 0 spiro atoms. The first kappa shape index (κ1) is 27.4. The van der Waals surface area contributed by atoms with Gasteiger partial charge in [-0.25, -0.2) is 4.99 Å². The molecule has 2 aliphatic rings. The lowest BCUT2D eigenvalue weighted by molar-refractivity contribution is -0.115. The van der Waals surface area contributed by atoms with Crippen LogP contribution in [-0.2, 0) is 9.53 Å². The Balaban J connectivity index is 0.00000107. The van der Waals surface area contributed by atoms with Crippen LogP contribution < -0.4 is 0 Å². The number of ether oxygens (including phenoxy) is 1. The quantitative estimate of drug-likeness (QED) is 0.272. The number of carbonyl (C=O) groups is 1. The minimum absolute atomic E-state index is 0.0855. The van der Waals surface area contributed by atoms with Crippen LogP contribution in [0.15, 0.2) is 40.4 Å². The Hall–Kier alpha value is -1.64. The van der Waals surface area contributed by atoms with E-state index < -0.39 is 0 Å². The lowest BCUT2D eigenvalue weighted by Gasteiger charge is -2.18. The van der Waals surface area contributed by atoms with Crippen molar-refractivity contribution >= 4 is 11.5 Å². The SMILES string of the molecule is C1CCC1.C\C=C(/N=C1/C=C(C(C)(C)C)O/C1=C/C)C(=O)CCCCC(CC)C(C)C. The summed E-state index contributed by atoms with van der Waals surface area (Å²) in [6.45, 7) is 17.0. The van der Waals surface area contributed by atoms with Crippen LogP contribution in [0.3, 0.4) is 0 Å². The van der Waals surface area contributed by atoms with Crippen LogP contribution in [-0.4, -0.2) is 11.5 Å². The third-order valence-corrected chi connectivity index (χ3v) is 6.24. The summed E-state index contributed by atoms with van der Waals surface area (Å²) in [5.74, 6) is 3.21. The van der Waals surface area contributed by atoms with Gasteiger partial charge in [-0.3, -0.25) is 4.79 Å². The average molecular weight is 430 g/mol. The zero-order valence-corrected chi connectivity index (χ0v) is 21.5. The van der Waals surface area contributed by atoms with Gasteiger partial charge in [0.15, 0.2) is 5.78 Å². The topological polar surface area (TPSA) is 38.7 Å². The van der Waals surface area contributed by atoms with Gasteiger partial charge in [0, 0.05) is 17.9 Å². The lowest BCUT2D eigenvalue weighted by atomic mass is 9.88. The molecule has 0 bridgehead atoms. The van der Waals surface area contributed by atoms with E-state index in [2.05, 4.69) is 46.5 Å². The number of aliphatic imine (C=N–C) groups is 1. The number of Topliss-reactive ketones (excluding diaryl/α,β-unsaturated/α-hetero) is 1. The molecule has 0 amide bonds. The molecule has 1 heterocycles. The second-order valence-electron chi connectivity index (χ2n) is 10.2. The molecule has 1 aliphatic carbocycles. The van der Waals surface area contributed by atoms with Crippen molar-refractivity contribution in [2.75, 3.05) is 0 Å². The molecule has 1 fully saturated rings. The number of allylic oxidation sites excluding steroid dienone is 5. The molecule has 1 aliphatic heterocycles. The Morgan fingerprint density at radius 1 is 1.13 bits per heavy atom. The van der Waals surface area contributed by atoms with Gasteiger partial charge in [-0.05, 0) is 38.2 Å². The third kappa shape index (κ3) is 9.58. The fourth-order valence-electron chi connectivity index (χ4n) is 3.56. The van der Waals surface area contributed by atoms with E-state index in [4.69, 9.17) is 4.74 Å². The maximum atomic E-state index is 12.6. The predicted molar refractivity (Wildman–Crippen MR) is 134 cm³/mol. The van der Waals surface area contributed by atoms with E-state index in [1.807, 2.05) is 32.1 Å². The van der Waals surface area contributed by atoms with Crippen molar-refractivity contribution in [1.29, 1.82) is 0 Å². The summed E-state index contributed by atoms with van der Waals surface area (Å²) >= 11 is 0. The number of hydrogen-bond acceptors (Lipinski definition) is 3. The standard InChI is InChI=1S/C24H39NO2.C4H8/c1-9-18(17(4)5)14-12-13-15-21(26)19(10-2)25-20-16-23(24(6,7)8)27-22(20)11-3;1-2-4-3-1/h10-11,16-18H,9,12-15H2,1-8H3;1-4H2/b19-10-,22-11+,25-20-;. The summed E-state index contributed by atoms with van der Waals surface area (Å²) in [7, 11) is 0. The Bertz CT molecular complexity index is 678. The van der Waals surface area contributed by atoms with E-state index in [0.717, 1.165) is 36.0 Å². The smallest absolute Gasteiger partial charge is 0.180 e. The van der Waals surface area contributed by atoms with Crippen molar-refractivity contribution in [1.82, 2.24) is 0 Å². The van der Waals surface area contributed by atoms with Gasteiger partial charge >= 0.3 is 0 Å². The molecule has 1 atom stereocenters. The number of nitrogens with zero attached hydrogens (tertiary/aromatic N) is 1. The van der Waals surface area contributed by atoms with Crippen molar-refractivity contribution in [3.8, 4) is 0 Å². The van der Waals surface area contributed by atoms with Crippen LogP contribution in [0.2, 0.25) is 0 Å². The second-order valence-corrected chi connectivity index (χ2v) is 10.2. The summed E-state index contributed by atoms with van der Waals surface area (Å²) in [5, 5.41) is 0. The van der Waals surface area contributed by atoms with Crippen LogP contribution in [0.25, 0.3) is 0 Å². The maximum Gasteiger partial charge on any atom is 0.180 e. The van der Waals surface area contributed by atoms with E-state index in [9.17, 15) is 4.79 Å². The molecule has 0 saturated heterocycles. The monoisotopic (exact) mass is 429 g/mol. The summed E-state index contributed by atoms with van der Waals surface area (Å²) in [4.78, 5) is 17.3. The minimum Gasteiger partial charge on any atom is -0.459 e. The predicted octanol–water partition coefficient (Wildman–Crippen LogP) is 8.57. The third-order valence-electron chi connectivity index (χ3n) is 6.24. The van der Waals surface area contributed by atoms with Gasteiger partial charge in [-0.1, -0.05) is 92.6 Å². The van der Waals surface area contributed by atoms with E-state index in [1.165, 1.54) is 38.5 Å². The molecular formula is C28H47NO2. The second kappa shape index (κ2) is 13.7. The highest BCUT2D eigenvalue weighted by Gasteiger charge is 2.28. The summed E-state index contributed by atoms with van der Waals surface area (Å²) in [6, 6.07) is 0. The zero-order valence-electron chi connectivity index (χ0n) is 21.5. The summed E-state index contributed by atoms with van der Waals surface area (Å²) < 4.78 is 5.93. The zero-order chi connectivity index (χ0) is 23.4. The van der Waals surface area contributed by atoms with Crippen LogP contribution in [0, 0.1) is 17.3 Å². The van der Waals surface area contributed by atoms with E-state index >= 15 is 0 Å². The van der Waals surface area contributed by atoms with Crippen molar-refractivity contribution < 1.29 is 9.53 Å². The minimum atomic E-state index is -0.0855. The highest BCUT2D eigenvalue weighted by atomic mass is 16.5. The fraction of sp³-hybridized carbons (Fsp3) is 0.714. The molecule has 0 radical (unpaired) electrons. The van der Waals surface area contributed by atoms with Gasteiger partial charge in [-0.15, -0.1) is 0 Å². The molecule has 3 heteroatoms. The molecule has 176 valence electrons. The largest absolute Gasteiger partial charge is 0.459 e. The molecule has 0 aromatic rings. The molecule has 2 rings (SSSR count). The maximum absolute atomic E-state index is 12.6. The van der Waals surface area contributed by atoms with Crippen molar-refractivity contribution in [2.24, 2.45) is 22.2 Å². The number of ketones is 1. The molecule has 1 saturated carbocycles. The number of unbranched alkanes of at least 4 members (excludes halogenated alkanes) is 1. The first-order valence-corrected chi connectivity index (χ1v) is 12.5. The van der Waals surface area contributed by atoms with Crippen LogP contribution in [0.5, 0.6) is 0 Å². The lowest BCUT2D eigenvalue weighted by Crippen LogP contribution is -2.08. The Kier molecular flexibility index (Phi) is 12.1. The van der Waals surface area contributed by atoms with Crippen molar-refractivity contribution in [3.63, 3.8) is 0 Å². The summed E-state index contributed by atoms with van der Waals surface area (Å²) in [5.41, 5.74) is 1.20. The van der Waals surface area contributed by atoms with Crippen molar-refractivity contribution in [3.05, 3.63) is 35.4 Å². The number of carbonyl (C=O) groups excluding carboxylic acids is 1. The highest BCUT2D eigenvalue weighted by Crippen LogP contribution is 2.33. The van der Waals surface area contributed by atoms with E-state index in [1.54, 1.807) is 0 Å². The molecule has 0 aromatic heterocycles. The van der Waals surface area contributed by atoms with Gasteiger partial charge in [0.05, 0.1) is 0 Å². The van der Waals surface area contributed by atoms with Gasteiger partial charge < -0.3 is 4.74 Å². The van der Waals surface area contributed by atoms with Gasteiger partial charge in [0.1, 0.15) is 22.9 Å². The molecule has 1 unspecified atom stereocenters. The number of hydrogen-bond donors (Lipinski definition) is 0. The van der Waals surface area contributed by atoms with E-state index in [0.29, 0.717) is 18.0 Å². The van der Waals surface area contributed by atoms with Gasteiger partial charge in [0.25, 0.3) is 0 Å². The molecule has 0 N–H and O–H groups in total. The van der Waals surface area contributed by atoms with Crippen LogP contribution in [0.1, 0.15) is 113 Å². The van der Waals surface area contributed by atoms with E-state index in [-0.39, 0.29) is 11.2 Å².